The maximum absolute atomic E-state index is 13.3. The molecule has 6 nitrogen and oxygen atoms in total. The summed E-state index contributed by atoms with van der Waals surface area (Å²) in [5, 5.41) is 17.4. The Bertz CT molecular complexity index is 575. The molecule has 1 atom stereocenters. The molecule has 0 fully saturated rings. The first kappa shape index (κ1) is 15.5. The number of hydrogen-bond donors (Lipinski definition) is 3. The number of nitrogens with one attached hydrogen (secondary N) is 1. The molecule has 0 radical (unpaired) electrons. The van der Waals surface area contributed by atoms with Gasteiger partial charge in [-0.25, -0.2) is 17.2 Å². The second-order valence-electron chi connectivity index (χ2n) is 3.60. The Kier molecular flexibility index (Phi) is 4.92. The molecule has 106 valence electrons. The molecule has 0 unspecified atom stereocenters. The quantitative estimate of drug-likeness (QED) is 0.689. The fourth-order valence-corrected chi connectivity index (χ4v) is 2.59. The van der Waals surface area contributed by atoms with Crippen molar-refractivity contribution in [1.82, 2.24) is 4.72 Å². The van der Waals surface area contributed by atoms with Crippen LogP contribution in [0.1, 0.15) is 6.42 Å². The van der Waals surface area contributed by atoms with Crippen LogP contribution in [0.5, 0.6) is 0 Å². The highest BCUT2D eigenvalue weighted by molar-refractivity contribution is 7.89. The molecule has 1 aromatic rings. The van der Waals surface area contributed by atoms with Gasteiger partial charge in [-0.05, 0) is 18.6 Å². The van der Waals surface area contributed by atoms with Gasteiger partial charge < -0.3 is 10.2 Å². The van der Waals surface area contributed by atoms with Crippen molar-refractivity contribution in [2.75, 3.05) is 6.61 Å². The van der Waals surface area contributed by atoms with Gasteiger partial charge in [-0.15, -0.1) is 0 Å². The van der Waals surface area contributed by atoms with Gasteiger partial charge in [-0.1, -0.05) is 0 Å². The second kappa shape index (κ2) is 6.04. The van der Waals surface area contributed by atoms with Crippen molar-refractivity contribution in [1.29, 1.82) is 0 Å². The molecule has 0 saturated carbocycles. The molecule has 0 aliphatic heterocycles. The molecule has 0 amide bonds. The number of hydrogen-bond acceptors (Lipinski definition) is 4. The second-order valence-corrected chi connectivity index (χ2v) is 5.28. The first-order valence-electron chi connectivity index (χ1n) is 5.09. The molecule has 0 spiro atoms. The maximum Gasteiger partial charge on any atom is 0.321 e. The first-order valence-corrected chi connectivity index (χ1v) is 6.57. The normalized spacial score (nSPS) is 13.2. The number of aliphatic hydroxyl groups excluding tert-OH is 1. The number of halogens is 2. The smallest absolute Gasteiger partial charge is 0.321 e. The van der Waals surface area contributed by atoms with Gasteiger partial charge >= 0.3 is 5.97 Å². The number of aliphatic carboxylic acids is 1. The van der Waals surface area contributed by atoms with Gasteiger partial charge in [0.1, 0.15) is 22.6 Å². The van der Waals surface area contributed by atoms with Gasteiger partial charge in [0.2, 0.25) is 10.0 Å². The largest absolute Gasteiger partial charge is 0.480 e. The van der Waals surface area contributed by atoms with Crippen LogP contribution in [0.3, 0.4) is 0 Å². The highest BCUT2D eigenvalue weighted by Gasteiger charge is 2.27. The van der Waals surface area contributed by atoms with E-state index in [0.29, 0.717) is 12.1 Å². The minimum Gasteiger partial charge on any atom is -0.480 e. The lowest BCUT2D eigenvalue weighted by atomic mass is 10.2. The number of carboxylic acids is 1. The van der Waals surface area contributed by atoms with Crippen LogP contribution in [0.4, 0.5) is 8.78 Å². The van der Waals surface area contributed by atoms with E-state index >= 15 is 0 Å². The summed E-state index contributed by atoms with van der Waals surface area (Å²) in [5.74, 6) is -3.80. The first-order chi connectivity index (χ1) is 8.77. The summed E-state index contributed by atoms with van der Waals surface area (Å²) in [6, 6.07) is 0.195. The van der Waals surface area contributed by atoms with Crippen LogP contribution < -0.4 is 4.72 Å². The number of sulfonamides is 1. The lowest BCUT2D eigenvalue weighted by Gasteiger charge is -2.13. The van der Waals surface area contributed by atoms with Crippen LogP contribution in [0.25, 0.3) is 0 Å². The van der Waals surface area contributed by atoms with Crippen LogP contribution in [-0.2, 0) is 14.8 Å². The number of rotatable bonds is 6. The molecule has 0 aromatic heterocycles. The van der Waals surface area contributed by atoms with Crippen molar-refractivity contribution in [3.8, 4) is 0 Å². The van der Waals surface area contributed by atoms with Gasteiger partial charge in [0.05, 0.1) is 0 Å². The lowest BCUT2D eigenvalue weighted by Crippen LogP contribution is -2.41. The summed E-state index contributed by atoms with van der Waals surface area (Å²) in [7, 11) is -4.46. The molecule has 0 saturated heterocycles. The molecule has 0 aliphatic rings. The third kappa shape index (κ3) is 3.94. The molecule has 0 heterocycles. The minimum atomic E-state index is -4.46. The van der Waals surface area contributed by atoms with Crippen molar-refractivity contribution in [2.24, 2.45) is 0 Å². The van der Waals surface area contributed by atoms with Crippen molar-refractivity contribution in [2.45, 2.75) is 17.4 Å². The Hall–Kier alpha value is -1.58. The van der Waals surface area contributed by atoms with Gasteiger partial charge in [0.25, 0.3) is 0 Å². The van der Waals surface area contributed by atoms with E-state index < -0.39 is 45.2 Å². The lowest BCUT2D eigenvalue weighted by molar-refractivity contribution is -0.139. The summed E-state index contributed by atoms with van der Waals surface area (Å²) in [6.45, 7) is -0.564. The zero-order valence-corrected chi connectivity index (χ0v) is 10.3. The molecular formula is C10H11F2NO5S. The minimum absolute atomic E-state index is 0.371. The number of benzene rings is 1. The average Bonchev–Trinajstić information content (AvgIpc) is 2.27. The SMILES string of the molecule is O=C(O)[C@@H](CCO)NS(=O)(=O)c1ccc(F)cc1F. The van der Waals surface area contributed by atoms with Crippen molar-refractivity contribution < 1.29 is 32.2 Å². The van der Waals surface area contributed by atoms with E-state index in [1.54, 1.807) is 4.72 Å². The fraction of sp³-hybridized carbons (Fsp3) is 0.300. The van der Waals surface area contributed by atoms with E-state index in [2.05, 4.69) is 0 Å². The topological polar surface area (TPSA) is 104 Å². The molecule has 3 N–H and O–H groups in total. The predicted octanol–water partition coefficient (Wildman–Crippen LogP) is 0.0787. The summed E-state index contributed by atoms with van der Waals surface area (Å²) in [4.78, 5) is 9.88. The predicted molar refractivity (Wildman–Crippen MR) is 59.8 cm³/mol. The molecule has 0 aliphatic carbocycles. The van der Waals surface area contributed by atoms with Gasteiger partial charge in [-0.2, -0.15) is 4.72 Å². The Morgan fingerprint density at radius 2 is 2.00 bits per heavy atom. The van der Waals surface area contributed by atoms with Crippen molar-refractivity contribution in [3.63, 3.8) is 0 Å². The molecule has 0 bridgehead atoms. The van der Waals surface area contributed by atoms with E-state index in [0.717, 1.165) is 6.07 Å². The monoisotopic (exact) mass is 295 g/mol. The van der Waals surface area contributed by atoms with E-state index in [-0.39, 0.29) is 6.42 Å². The molecule has 19 heavy (non-hydrogen) atoms. The summed E-state index contributed by atoms with van der Waals surface area (Å²) < 4.78 is 51.2. The van der Waals surface area contributed by atoms with E-state index in [4.69, 9.17) is 10.2 Å². The van der Waals surface area contributed by atoms with Crippen LogP contribution in [0.2, 0.25) is 0 Å². The fourth-order valence-electron chi connectivity index (χ4n) is 1.31. The standard InChI is InChI=1S/C10H11F2NO5S/c11-6-1-2-9(7(12)5-6)19(17,18)13-8(3-4-14)10(15)16/h1-2,5,8,13-14H,3-4H2,(H,15,16)/t8-/m1/s1. The van der Waals surface area contributed by atoms with Crippen LogP contribution in [-0.4, -0.2) is 37.2 Å². The van der Waals surface area contributed by atoms with E-state index in [9.17, 15) is 22.0 Å². The van der Waals surface area contributed by atoms with E-state index in [1.807, 2.05) is 0 Å². The number of carbonyl (C=O) groups is 1. The average molecular weight is 295 g/mol. The summed E-state index contributed by atoms with van der Waals surface area (Å²) in [5.41, 5.74) is 0. The van der Waals surface area contributed by atoms with Gasteiger partial charge in [-0.3, -0.25) is 4.79 Å². The maximum atomic E-state index is 13.3. The van der Waals surface area contributed by atoms with Crippen molar-refractivity contribution >= 4 is 16.0 Å². The zero-order chi connectivity index (χ0) is 14.6. The Morgan fingerprint density at radius 3 is 2.47 bits per heavy atom. The number of aliphatic hydroxyl groups is 1. The van der Waals surface area contributed by atoms with Gasteiger partial charge in [0.15, 0.2) is 0 Å². The highest BCUT2D eigenvalue weighted by Crippen LogP contribution is 2.16. The van der Waals surface area contributed by atoms with Crippen LogP contribution >= 0.6 is 0 Å². The van der Waals surface area contributed by atoms with Crippen molar-refractivity contribution in [3.05, 3.63) is 29.8 Å². The zero-order valence-electron chi connectivity index (χ0n) is 9.51. The third-order valence-corrected chi connectivity index (χ3v) is 3.70. The third-order valence-electron chi connectivity index (χ3n) is 2.20. The number of carboxylic acid groups (broad SMARTS) is 1. The Morgan fingerprint density at radius 1 is 1.37 bits per heavy atom. The molecule has 1 rings (SSSR count). The highest BCUT2D eigenvalue weighted by atomic mass is 32.2. The summed E-state index contributed by atoms with van der Waals surface area (Å²) in [6.07, 6.45) is -0.378. The van der Waals surface area contributed by atoms with Crippen LogP contribution in [0.15, 0.2) is 23.1 Å². The molecular weight excluding hydrogens is 284 g/mol. The Balaban J connectivity index is 3.06. The van der Waals surface area contributed by atoms with Gasteiger partial charge in [0, 0.05) is 12.7 Å². The summed E-state index contributed by atoms with van der Waals surface area (Å²) >= 11 is 0. The van der Waals surface area contributed by atoms with E-state index in [1.165, 1.54) is 0 Å². The molecule has 1 aromatic carbocycles. The Labute approximate surface area is 107 Å². The molecule has 9 heteroatoms. The van der Waals surface area contributed by atoms with Crippen LogP contribution in [0, 0.1) is 11.6 Å².